The van der Waals surface area contributed by atoms with Crippen molar-refractivity contribution in [3.05, 3.63) is 17.5 Å². The van der Waals surface area contributed by atoms with Gasteiger partial charge in [0.05, 0.1) is 19.2 Å². The molecule has 1 aromatic rings. The summed E-state index contributed by atoms with van der Waals surface area (Å²) >= 11 is 0. The molecule has 0 aromatic carbocycles. The maximum atomic E-state index is 10.8. The summed E-state index contributed by atoms with van der Waals surface area (Å²) in [7, 11) is 1.28. The van der Waals surface area contributed by atoms with Crippen LogP contribution >= 0.6 is 0 Å². The molecule has 1 aromatic heterocycles. The molecule has 2 N–H and O–H groups in total. The van der Waals surface area contributed by atoms with Crippen LogP contribution in [0.4, 0.5) is 0 Å². The van der Waals surface area contributed by atoms with E-state index in [1.54, 1.807) is 6.07 Å². The van der Waals surface area contributed by atoms with Crippen molar-refractivity contribution < 1.29 is 14.6 Å². The molecule has 0 aliphatic heterocycles. The van der Waals surface area contributed by atoms with Gasteiger partial charge in [0.1, 0.15) is 6.10 Å². The summed E-state index contributed by atoms with van der Waals surface area (Å²) in [6.07, 6.45) is -0.960. The molecule has 1 unspecified atom stereocenters. The number of aliphatic hydroxyl groups excluding tert-OH is 1. The van der Waals surface area contributed by atoms with Crippen LogP contribution in [0.3, 0.4) is 0 Å². The quantitative estimate of drug-likeness (QED) is 0.663. The molecule has 1 rings (SSSR count). The summed E-state index contributed by atoms with van der Waals surface area (Å²) < 4.78 is 4.41. The van der Waals surface area contributed by atoms with Crippen LogP contribution in [0.2, 0.25) is 0 Å². The first kappa shape index (κ1) is 9.73. The van der Waals surface area contributed by atoms with Gasteiger partial charge in [-0.15, -0.1) is 0 Å². The zero-order valence-electron chi connectivity index (χ0n) is 7.57. The van der Waals surface area contributed by atoms with Crippen molar-refractivity contribution in [2.24, 2.45) is 0 Å². The van der Waals surface area contributed by atoms with E-state index in [4.69, 9.17) is 0 Å². The number of carbonyl (C=O) groups excluding carboxylic acids is 1. The van der Waals surface area contributed by atoms with E-state index in [2.05, 4.69) is 14.9 Å². The lowest BCUT2D eigenvalue weighted by atomic mass is 10.2. The van der Waals surface area contributed by atoms with Crippen molar-refractivity contribution >= 4 is 5.97 Å². The van der Waals surface area contributed by atoms with Gasteiger partial charge in [-0.3, -0.25) is 9.89 Å². The van der Waals surface area contributed by atoms with Gasteiger partial charge in [-0.2, -0.15) is 5.10 Å². The van der Waals surface area contributed by atoms with Gasteiger partial charge in [0.2, 0.25) is 0 Å². The van der Waals surface area contributed by atoms with Crippen LogP contribution < -0.4 is 0 Å². The summed E-state index contributed by atoms with van der Waals surface area (Å²) in [5.41, 5.74) is 1.31. The van der Waals surface area contributed by atoms with Gasteiger partial charge >= 0.3 is 5.97 Å². The lowest BCUT2D eigenvalue weighted by Crippen LogP contribution is -2.08. The Labute approximate surface area is 75.7 Å². The first-order valence-corrected chi connectivity index (χ1v) is 3.90. The van der Waals surface area contributed by atoms with E-state index in [1.165, 1.54) is 7.11 Å². The second-order valence-corrected chi connectivity index (χ2v) is 2.77. The fourth-order valence-corrected chi connectivity index (χ4v) is 0.956. The highest BCUT2D eigenvalue weighted by Gasteiger charge is 2.15. The van der Waals surface area contributed by atoms with Crippen molar-refractivity contribution in [2.75, 3.05) is 7.11 Å². The SMILES string of the molecule is COC(=O)CC(O)c1cc(C)[nH]n1. The number of methoxy groups -OCH3 is 1. The minimum absolute atomic E-state index is 0.0687. The maximum absolute atomic E-state index is 10.8. The fourth-order valence-electron chi connectivity index (χ4n) is 0.956. The number of aliphatic hydroxyl groups is 1. The van der Waals surface area contributed by atoms with Crippen LogP contribution in [0.5, 0.6) is 0 Å². The third kappa shape index (κ3) is 2.55. The topological polar surface area (TPSA) is 75.2 Å². The van der Waals surface area contributed by atoms with Crippen LogP contribution in [0.15, 0.2) is 6.07 Å². The number of aromatic nitrogens is 2. The molecule has 1 heterocycles. The molecule has 0 aliphatic carbocycles. The highest BCUT2D eigenvalue weighted by Crippen LogP contribution is 2.14. The monoisotopic (exact) mass is 184 g/mol. The van der Waals surface area contributed by atoms with E-state index in [0.717, 1.165) is 5.69 Å². The normalized spacial score (nSPS) is 12.5. The molecule has 1 atom stereocenters. The summed E-state index contributed by atoms with van der Waals surface area (Å²) in [4.78, 5) is 10.8. The first-order valence-electron chi connectivity index (χ1n) is 3.90. The summed E-state index contributed by atoms with van der Waals surface area (Å²) in [5, 5.41) is 16.0. The Hall–Kier alpha value is -1.36. The standard InChI is InChI=1S/C8H12N2O3/c1-5-3-6(10-9-5)7(11)4-8(12)13-2/h3,7,11H,4H2,1-2H3,(H,9,10). The Morgan fingerprint density at radius 3 is 3.00 bits per heavy atom. The van der Waals surface area contributed by atoms with E-state index in [0.29, 0.717) is 5.69 Å². The lowest BCUT2D eigenvalue weighted by molar-refractivity contribution is -0.142. The third-order valence-corrected chi connectivity index (χ3v) is 1.65. The predicted molar refractivity (Wildman–Crippen MR) is 44.9 cm³/mol. The van der Waals surface area contributed by atoms with Crippen LogP contribution in [0.1, 0.15) is 23.9 Å². The predicted octanol–water partition coefficient (Wildman–Crippen LogP) is 0.315. The second kappa shape index (κ2) is 4.04. The van der Waals surface area contributed by atoms with Crippen molar-refractivity contribution in [3.8, 4) is 0 Å². The van der Waals surface area contributed by atoms with Gasteiger partial charge < -0.3 is 9.84 Å². The van der Waals surface area contributed by atoms with E-state index < -0.39 is 12.1 Å². The molecule has 13 heavy (non-hydrogen) atoms. The van der Waals surface area contributed by atoms with E-state index in [1.807, 2.05) is 6.92 Å². The van der Waals surface area contributed by atoms with Crippen LogP contribution in [-0.4, -0.2) is 28.4 Å². The van der Waals surface area contributed by atoms with E-state index >= 15 is 0 Å². The number of carbonyl (C=O) groups is 1. The van der Waals surface area contributed by atoms with Crippen molar-refractivity contribution in [1.29, 1.82) is 0 Å². The van der Waals surface area contributed by atoms with Gasteiger partial charge in [-0.1, -0.05) is 0 Å². The van der Waals surface area contributed by atoms with E-state index in [-0.39, 0.29) is 6.42 Å². The molecule has 5 nitrogen and oxygen atoms in total. The number of hydrogen-bond donors (Lipinski definition) is 2. The Bertz CT molecular complexity index is 295. The fraction of sp³-hybridized carbons (Fsp3) is 0.500. The number of aromatic amines is 1. The molecule has 0 radical (unpaired) electrons. The highest BCUT2D eigenvalue weighted by molar-refractivity contribution is 5.69. The Morgan fingerprint density at radius 1 is 1.85 bits per heavy atom. The van der Waals surface area contributed by atoms with Crippen LogP contribution in [0, 0.1) is 6.92 Å². The minimum Gasteiger partial charge on any atom is -0.469 e. The Balaban J connectivity index is 2.58. The summed E-state index contributed by atoms with van der Waals surface area (Å²) in [5.74, 6) is -0.451. The molecule has 5 heteroatoms. The van der Waals surface area contributed by atoms with Gasteiger partial charge in [-0.05, 0) is 13.0 Å². The van der Waals surface area contributed by atoms with Crippen molar-refractivity contribution in [3.63, 3.8) is 0 Å². The van der Waals surface area contributed by atoms with Gasteiger partial charge in [-0.25, -0.2) is 0 Å². The number of aryl methyl sites for hydroxylation is 1. The summed E-state index contributed by atoms with van der Waals surface area (Å²) in [6, 6.07) is 1.69. The molecule has 72 valence electrons. The number of ether oxygens (including phenoxy) is 1. The Kier molecular flexibility index (Phi) is 3.02. The van der Waals surface area contributed by atoms with Crippen molar-refractivity contribution in [2.45, 2.75) is 19.4 Å². The number of rotatable bonds is 3. The largest absolute Gasteiger partial charge is 0.469 e. The number of hydrogen-bond acceptors (Lipinski definition) is 4. The maximum Gasteiger partial charge on any atom is 0.308 e. The van der Waals surface area contributed by atoms with Crippen LogP contribution in [-0.2, 0) is 9.53 Å². The zero-order valence-corrected chi connectivity index (χ0v) is 7.57. The zero-order chi connectivity index (χ0) is 9.84. The molecule has 0 spiro atoms. The molecule has 0 amide bonds. The number of esters is 1. The van der Waals surface area contributed by atoms with Crippen LogP contribution in [0.25, 0.3) is 0 Å². The van der Waals surface area contributed by atoms with Gasteiger partial charge in [0.25, 0.3) is 0 Å². The van der Waals surface area contributed by atoms with E-state index in [9.17, 15) is 9.90 Å². The Morgan fingerprint density at radius 2 is 2.54 bits per heavy atom. The molecule has 0 saturated carbocycles. The lowest BCUT2D eigenvalue weighted by Gasteiger charge is -2.04. The molecule has 0 fully saturated rings. The smallest absolute Gasteiger partial charge is 0.308 e. The highest BCUT2D eigenvalue weighted by atomic mass is 16.5. The molecule has 0 saturated heterocycles. The van der Waals surface area contributed by atoms with Gasteiger partial charge in [0.15, 0.2) is 0 Å². The third-order valence-electron chi connectivity index (χ3n) is 1.65. The number of nitrogens with zero attached hydrogens (tertiary/aromatic N) is 1. The minimum atomic E-state index is -0.891. The molecule has 0 bridgehead atoms. The first-order chi connectivity index (χ1) is 6.13. The number of H-pyrrole nitrogens is 1. The van der Waals surface area contributed by atoms with Crippen molar-refractivity contribution in [1.82, 2.24) is 10.2 Å². The second-order valence-electron chi connectivity index (χ2n) is 2.77. The number of nitrogens with one attached hydrogen (secondary N) is 1. The average molecular weight is 184 g/mol. The molecular weight excluding hydrogens is 172 g/mol. The van der Waals surface area contributed by atoms with Gasteiger partial charge in [0, 0.05) is 5.69 Å². The molecule has 0 aliphatic rings. The summed E-state index contributed by atoms with van der Waals surface area (Å²) in [6.45, 7) is 1.82. The average Bonchev–Trinajstić information content (AvgIpc) is 2.51. The molecular formula is C8H12N2O3.